The quantitative estimate of drug-likeness (QED) is 0.821. The van der Waals surface area contributed by atoms with Gasteiger partial charge in [-0.2, -0.15) is 0 Å². The standard InChI is InChI=1S/C12H16ClNO3/c1-3-16-12(15)8(2)17-11-6-4-5-10(13)9(11)7-14/h4-6,8H,3,7,14H2,1-2H3. The molecule has 0 aromatic heterocycles. The van der Waals surface area contributed by atoms with Crippen LogP contribution in [0.1, 0.15) is 19.4 Å². The van der Waals surface area contributed by atoms with E-state index in [0.717, 1.165) is 0 Å². The van der Waals surface area contributed by atoms with Gasteiger partial charge in [-0.25, -0.2) is 4.79 Å². The summed E-state index contributed by atoms with van der Waals surface area (Å²) in [5.41, 5.74) is 6.27. The minimum absolute atomic E-state index is 0.255. The van der Waals surface area contributed by atoms with Crippen molar-refractivity contribution in [1.29, 1.82) is 0 Å². The van der Waals surface area contributed by atoms with Gasteiger partial charge in [0.05, 0.1) is 6.61 Å². The fourth-order valence-electron chi connectivity index (χ4n) is 1.35. The van der Waals surface area contributed by atoms with Crippen molar-refractivity contribution in [2.75, 3.05) is 6.61 Å². The molecule has 4 nitrogen and oxygen atoms in total. The van der Waals surface area contributed by atoms with Gasteiger partial charge >= 0.3 is 5.97 Å². The summed E-state index contributed by atoms with van der Waals surface area (Å²) in [7, 11) is 0. The SMILES string of the molecule is CCOC(=O)C(C)Oc1cccc(Cl)c1CN. The summed E-state index contributed by atoms with van der Waals surface area (Å²) in [6.07, 6.45) is -0.682. The van der Waals surface area contributed by atoms with E-state index in [2.05, 4.69) is 0 Å². The zero-order valence-corrected chi connectivity index (χ0v) is 10.7. The number of carbonyl (C=O) groups excluding carboxylic acids is 1. The van der Waals surface area contributed by atoms with Crippen molar-refractivity contribution in [3.8, 4) is 5.75 Å². The molecule has 94 valence electrons. The van der Waals surface area contributed by atoms with Gasteiger partial charge in [-0.15, -0.1) is 0 Å². The van der Waals surface area contributed by atoms with Gasteiger partial charge in [-0.05, 0) is 26.0 Å². The molecule has 1 rings (SSSR count). The maximum atomic E-state index is 11.4. The second-order valence-electron chi connectivity index (χ2n) is 3.43. The van der Waals surface area contributed by atoms with Crippen LogP contribution in [0, 0.1) is 0 Å². The van der Waals surface area contributed by atoms with E-state index in [4.69, 9.17) is 26.8 Å². The number of esters is 1. The summed E-state index contributed by atoms with van der Waals surface area (Å²) < 4.78 is 10.3. The van der Waals surface area contributed by atoms with E-state index < -0.39 is 12.1 Å². The Bertz CT molecular complexity index is 395. The van der Waals surface area contributed by atoms with Gasteiger partial charge in [0.2, 0.25) is 0 Å². The Hall–Kier alpha value is -1.26. The number of hydrogen-bond acceptors (Lipinski definition) is 4. The van der Waals surface area contributed by atoms with Gasteiger partial charge < -0.3 is 15.2 Å². The van der Waals surface area contributed by atoms with Gasteiger partial charge in [0.1, 0.15) is 5.75 Å². The fraction of sp³-hybridized carbons (Fsp3) is 0.417. The van der Waals surface area contributed by atoms with Crippen molar-refractivity contribution < 1.29 is 14.3 Å². The van der Waals surface area contributed by atoms with Gasteiger partial charge in [-0.3, -0.25) is 0 Å². The number of halogens is 1. The summed E-state index contributed by atoms with van der Waals surface area (Å²) in [5, 5.41) is 0.529. The molecule has 0 fully saturated rings. The Labute approximate surface area is 106 Å². The zero-order valence-electron chi connectivity index (χ0n) is 9.90. The van der Waals surface area contributed by atoms with Crippen LogP contribution in [0.25, 0.3) is 0 Å². The fourth-order valence-corrected chi connectivity index (χ4v) is 1.59. The maximum Gasteiger partial charge on any atom is 0.347 e. The second-order valence-corrected chi connectivity index (χ2v) is 3.84. The molecule has 0 bridgehead atoms. The van der Waals surface area contributed by atoms with Crippen molar-refractivity contribution in [2.45, 2.75) is 26.5 Å². The third-order valence-electron chi connectivity index (χ3n) is 2.20. The molecule has 5 heteroatoms. The van der Waals surface area contributed by atoms with Crippen molar-refractivity contribution in [1.82, 2.24) is 0 Å². The molecule has 0 heterocycles. The predicted octanol–water partition coefficient (Wildman–Crippen LogP) is 2.13. The molecule has 1 unspecified atom stereocenters. The first-order chi connectivity index (χ1) is 8.10. The molecular formula is C12H16ClNO3. The normalized spacial score (nSPS) is 12.0. The Kier molecular flexibility index (Phi) is 5.25. The summed E-state index contributed by atoms with van der Waals surface area (Å²) in [6.45, 7) is 3.95. The average molecular weight is 258 g/mol. The molecular weight excluding hydrogens is 242 g/mol. The first-order valence-electron chi connectivity index (χ1n) is 5.40. The van der Waals surface area contributed by atoms with Crippen LogP contribution in [0.4, 0.5) is 0 Å². The first-order valence-corrected chi connectivity index (χ1v) is 5.78. The van der Waals surface area contributed by atoms with E-state index in [-0.39, 0.29) is 6.54 Å². The van der Waals surface area contributed by atoms with E-state index in [1.54, 1.807) is 32.0 Å². The Morgan fingerprint density at radius 1 is 1.53 bits per heavy atom. The summed E-state index contributed by atoms with van der Waals surface area (Å²) in [4.78, 5) is 11.4. The van der Waals surface area contributed by atoms with Gasteiger partial charge in [0, 0.05) is 17.1 Å². The predicted molar refractivity (Wildman–Crippen MR) is 66.1 cm³/mol. The number of ether oxygens (including phenoxy) is 2. The number of rotatable bonds is 5. The molecule has 1 aromatic carbocycles. The summed E-state index contributed by atoms with van der Waals surface area (Å²) in [5.74, 6) is 0.107. The van der Waals surface area contributed by atoms with Crippen molar-refractivity contribution in [3.63, 3.8) is 0 Å². The Morgan fingerprint density at radius 3 is 2.82 bits per heavy atom. The highest BCUT2D eigenvalue weighted by Gasteiger charge is 2.17. The first kappa shape index (κ1) is 13.8. The molecule has 17 heavy (non-hydrogen) atoms. The molecule has 0 aliphatic carbocycles. The van der Waals surface area contributed by atoms with Crippen LogP contribution in [0.3, 0.4) is 0 Å². The molecule has 0 spiro atoms. The number of carbonyl (C=O) groups is 1. The molecule has 0 aliphatic heterocycles. The van der Waals surface area contributed by atoms with Crippen LogP contribution in [0.5, 0.6) is 5.75 Å². The highest BCUT2D eigenvalue weighted by atomic mass is 35.5. The average Bonchev–Trinajstić information content (AvgIpc) is 2.29. The van der Waals surface area contributed by atoms with E-state index in [1.165, 1.54) is 0 Å². The lowest BCUT2D eigenvalue weighted by atomic mass is 10.2. The number of nitrogens with two attached hydrogens (primary N) is 1. The molecule has 0 aliphatic rings. The lowest BCUT2D eigenvalue weighted by molar-refractivity contribution is -0.150. The van der Waals surface area contributed by atoms with E-state index in [1.807, 2.05) is 0 Å². The Morgan fingerprint density at radius 2 is 2.24 bits per heavy atom. The topological polar surface area (TPSA) is 61.5 Å². The summed E-state index contributed by atoms with van der Waals surface area (Å²) in [6, 6.07) is 5.20. The third kappa shape index (κ3) is 3.61. The third-order valence-corrected chi connectivity index (χ3v) is 2.56. The lowest BCUT2D eigenvalue weighted by Gasteiger charge is -2.16. The number of benzene rings is 1. The molecule has 1 atom stereocenters. The molecule has 2 N–H and O–H groups in total. The van der Waals surface area contributed by atoms with E-state index >= 15 is 0 Å². The minimum Gasteiger partial charge on any atom is -0.479 e. The van der Waals surface area contributed by atoms with Gasteiger partial charge in [-0.1, -0.05) is 17.7 Å². The largest absolute Gasteiger partial charge is 0.479 e. The van der Waals surface area contributed by atoms with Crippen LogP contribution in [0.15, 0.2) is 18.2 Å². The Balaban J connectivity index is 2.81. The van der Waals surface area contributed by atoms with Crippen LogP contribution in [0.2, 0.25) is 5.02 Å². The van der Waals surface area contributed by atoms with Gasteiger partial charge in [0.15, 0.2) is 6.10 Å². The minimum atomic E-state index is -0.682. The smallest absolute Gasteiger partial charge is 0.347 e. The van der Waals surface area contributed by atoms with Crippen molar-refractivity contribution in [3.05, 3.63) is 28.8 Å². The molecule has 0 radical (unpaired) electrons. The van der Waals surface area contributed by atoms with Gasteiger partial charge in [0.25, 0.3) is 0 Å². The van der Waals surface area contributed by atoms with Crippen LogP contribution >= 0.6 is 11.6 Å². The highest BCUT2D eigenvalue weighted by molar-refractivity contribution is 6.31. The zero-order chi connectivity index (χ0) is 12.8. The monoisotopic (exact) mass is 257 g/mol. The second kappa shape index (κ2) is 6.47. The lowest BCUT2D eigenvalue weighted by Crippen LogP contribution is -2.26. The number of hydrogen-bond donors (Lipinski definition) is 1. The molecule has 0 saturated carbocycles. The van der Waals surface area contributed by atoms with Crippen LogP contribution < -0.4 is 10.5 Å². The molecule has 0 amide bonds. The van der Waals surface area contributed by atoms with Crippen molar-refractivity contribution >= 4 is 17.6 Å². The van der Waals surface area contributed by atoms with E-state index in [0.29, 0.717) is 22.9 Å². The van der Waals surface area contributed by atoms with Crippen molar-refractivity contribution in [2.24, 2.45) is 5.73 Å². The summed E-state index contributed by atoms with van der Waals surface area (Å²) >= 11 is 5.98. The highest BCUT2D eigenvalue weighted by Crippen LogP contribution is 2.26. The molecule has 0 saturated heterocycles. The van der Waals surface area contributed by atoms with Crippen LogP contribution in [-0.2, 0) is 16.1 Å². The van der Waals surface area contributed by atoms with E-state index in [9.17, 15) is 4.79 Å². The maximum absolute atomic E-state index is 11.4. The molecule has 1 aromatic rings. The van der Waals surface area contributed by atoms with Crippen LogP contribution in [-0.4, -0.2) is 18.7 Å².